The Morgan fingerprint density at radius 1 is 1.05 bits per heavy atom. The Kier molecular flexibility index (Phi) is 3.40. The van der Waals surface area contributed by atoms with Crippen LogP contribution in [0.15, 0.2) is 54.6 Å². The van der Waals surface area contributed by atoms with Gasteiger partial charge in [-0.15, -0.1) is 0 Å². The molecule has 2 aromatic carbocycles. The molecule has 1 heterocycles. The van der Waals surface area contributed by atoms with Gasteiger partial charge in [0.1, 0.15) is 5.75 Å². The number of hydrogen-bond donors (Lipinski definition) is 0. The minimum absolute atomic E-state index is 0.000599. The monoisotopic (exact) mass is 277 g/mol. The lowest BCUT2D eigenvalue weighted by Gasteiger charge is -2.08. The number of aromatic nitrogens is 1. The second-order valence-electron chi connectivity index (χ2n) is 4.89. The molecule has 3 nitrogen and oxygen atoms in total. The van der Waals surface area contributed by atoms with E-state index < -0.39 is 0 Å². The lowest BCUT2D eigenvalue weighted by molar-refractivity contribution is 0.104. The molecule has 0 saturated carbocycles. The summed E-state index contributed by atoms with van der Waals surface area (Å²) in [5, 5.41) is 0.879. The van der Waals surface area contributed by atoms with Gasteiger partial charge in [-0.1, -0.05) is 18.2 Å². The summed E-state index contributed by atoms with van der Waals surface area (Å²) in [5.74, 6) is 0.738. The number of benzene rings is 2. The van der Waals surface area contributed by atoms with Gasteiger partial charge in [-0.05, 0) is 43.3 Å². The number of ether oxygens (including phenoxy) is 1. The number of carbonyl (C=O) groups excluding carboxylic acids is 1. The molecule has 0 fully saturated rings. The Balaban J connectivity index is 2.12. The normalized spacial score (nSPS) is 10.6. The minimum atomic E-state index is -0.000599. The van der Waals surface area contributed by atoms with E-state index in [0.29, 0.717) is 11.1 Å². The van der Waals surface area contributed by atoms with Crippen LogP contribution in [0.1, 0.15) is 21.6 Å². The van der Waals surface area contributed by atoms with E-state index in [1.165, 1.54) is 0 Å². The molecule has 0 N–H and O–H groups in total. The van der Waals surface area contributed by atoms with E-state index in [9.17, 15) is 4.79 Å². The van der Waals surface area contributed by atoms with Crippen molar-refractivity contribution >= 4 is 16.7 Å². The Labute approximate surface area is 123 Å². The summed E-state index contributed by atoms with van der Waals surface area (Å²) in [5.41, 5.74) is 3.01. The Bertz CT molecular complexity index is 807. The third-order valence-electron chi connectivity index (χ3n) is 3.44. The maximum absolute atomic E-state index is 12.7. The van der Waals surface area contributed by atoms with Crippen molar-refractivity contribution in [3.63, 3.8) is 0 Å². The van der Waals surface area contributed by atoms with E-state index in [-0.39, 0.29) is 5.78 Å². The molecule has 3 aromatic rings. The molecule has 3 heteroatoms. The van der Waals surface area contributed by atoms with Crippen LogP contribution in [0.25, 0.3) is 10.9 Å². The summed E-state index contributed by atoms with van der Waals surface area (Å²) in [6, 6.07) is 16.7. The summed E-state index contributed by atoms with van der Waals surface area (Å²) >= 11 is 0. The molecular formula is C18H15NO2. The summed E-state index contributed by atoms with van der Waals surface area (Å²) in [6.45, 7) is 1.90. The van der Waals surface area contributed by atoms with Gasteiger partial charge in [0.05, 0.1) is 12.6 Å². The predicted molar refractivity (Wildman–Crippen MR) is 82.9 cm³/mol. The molecule has 0 radical (unpaired) electrons. The highest BCUT2D eigenvalue weighted by molar-refractivity contribution is 6.16. The van der Waals surface area contributed by atoms with Gasteiger partial charge in [0.25, 0.3) is 0 Å². The van der Waals surface area contributed by atoms with Crippen LogP contribution in [-0.2, 0) is 0 Å². The van der Waals surface area contributed by atoms with Crippen LogP contribution in [-0.4, -0.2) is 17.9 Å². The molecular weight excluding hydrogens is 262 g/mol. The Morgan fingerprint density at radius 2 is 1.76 bits per heavy atom. The first-order chi connectivity index (χ1) is 10.2. The number of carbonyl (C=O) groups is 1. The predicted octanol–water partition coefficient (Wildman–Crippen LogP) is 3.78. The van der Waals surface area contributed by atoms with Crippen LogP contribution < -0.4 is 4.74 Å². The quantitative estimate of drug-likeness (QED) is 0.684. The molecule has 0 amide bonds. The number of rotatable bonds is 3. The number of nitrogens with zero attached hydrogens (tertiary/aromatic N) is 1. The van der Waals surface area contributed by atoms with Crippen LogP contribution in [0, 0.1) is 6.92 Å². The van der Waals surface area contributed by atoms with Crippen molar-refractivity contribution < 1.29 is 9.53 Å². The summed E-state index contributed by atoms with van der Waals surface area (Å²) in [4.78, 5) is 17.2. The Hall–Kier alpha value is -2.68. The minimum Gasteiger partial charge on any atom is -0.497 e. The summed E-state index contributed by atoms with van der Waals surface area (Å²) in [6.07, 6.45) is 0. The number of aryl methyl sites for hydroxylation is 1. The fourth-order valence-electron chi connectivity index (χ4n) is 2.39. The van der Waals surface area contributed by atoms with E-state index in [4.69, 9.17) is 4.74 Å². The van der Waals surface area contributed by atoms with Crippen molar-refractivity contribution in [2.45, 2.75) is 6.92 Å². The molecule has 0 bridgehead atoms. The Morgan fingerprint density at radius 3 is 2.48 bits per heavy atom. The zero-order valence-corrected chi connectivity index (χ0v) is 12.0. The van der Waals surface area contributed by atoms with Crippen molar-refractivity contribution in [3.05, 3.63) is 71.4 Å². The van der Waals surface area contributed by atoms with E-state index in [1.807, 2.05) is 37.3 Å². The molecule has 0 atom stereocenters. The van der Waals surface area contributed by atoms with Crippen molar-refractivity contribution in [2.75, 3.05) is 7.11 Å². The molecule has 3 rings (SSSR count). The molecule has 21 heavy (non-hydrogen) atoms. The number of methoxy groups -OCH3 is 1. The number of fused-ring (bicyclic) bond motifs is 1. The van der Waals surface area contributed by atoms with E-state index in [1.54, 1.807) is 31.4 Å². The van der Waals surface area contributed by atoms with E-state index in [2.05, 4.69) is 4.98 Å². The lowest BCUT2D eigenvalue weighted by Crippen LogP contribution is -2.04. The molecule has 1 aromatic heterocycles. The standard InChI is InChI=1S/C18H15NO2/c1-12-11-16(15-5-3-4-6-17(15)19-12)18(20)13-7-9-14(21-2)10-8-13/h3-11H,1-2H3. The highest BCUT2D eigenvalue weighted by Crippen LogP contribution is 2.22. The van der Waals surface area contributed by atoms with Gasteiger partial charge in [0.2, 0.25) is 0 Å². The van der Waals surface area contributed by atoms with Crippen molar-refractivity contribution in [3.8, 4) is 5.75 Å². The van der Waals surface area contributed by atoms with E-state index >= 15 is 0 Å². The molecule has 0 spiro atoms. The molecule has 0 saturated heterocycles. The van der Waals surface area contributed by atoms with Crippen LogP contribution in [0.4, 0.5) is 0 Å². The van der Waals surface area contributed by atoms with Crippen molar-refractivity contribution in [1.29, 1.82) is 0 Å². The van der Waals surface area contributed by atoms with E-state index in [0.717, 1.165) is 22.3 Å². The summed E-state index contributed by atoms with van der Waals surface area (Å²) in [7, 11) is 1.61. The number of ketones is 1. The first kappa shape index (κ1) is 13.3. The average Bonchev–Trinajstić information content (AvgIpc) is 2.53. The largest absolute Gasteiger partial charge is 0.497 e. The third-order valence-corrected chi connectivity index (χ3v) is 3.44. The fraction of sp³-hybridized carbons (Fsp3) is 0.111. The van der Waals surface area contributed by atoms with Gasteiger partial charge < -0.3 is 4.74 Å². The molecule has 0 unspecified atom stereocenters. The third kappa shape index (κ3) is 2.50. The van der Waals surface area contributed by atoms with Gasteiger partial charge in [0.15, 0.2) is 5.78 Å². The van der Waals surface area contributed by atoms with Crippen LogP contribution in [0.2, 0.25) is 0 Å². The molecule has 0 aliphatic carbocycles. The van der Waals surface area contributed by atoms with Crippen molar-refractivity contribution in [2.24, 2.45) is 0 Å². The maximum Gasteiger partial charge on any atom is 0.193 e. The molecule has 0 aliphatic heterocycles. The number of hydrogen-bond acceptors (Lipinski definition) is 3. The second-order valence-corrected chi connectivity index (χ2v) is 4.89. The van der Waals surface area contributed by atoms with Gasteiger partial charge in [-0.3, -0.25) is 9.78 Å². The first-order valence-corrected chi connectivity index (χ1v) is 6.74. The van der Waals surface area contributed by atoms with Crippen LogP contribution in [0.5, 0.6) is 5.75 Å². The molecule has 0 aliphatic rings. The first-order valence-electron chi connectivity index (χ1n) is 6.74. The number of para-hydroxylation sites is 1. The van der Waals surface area contributed by atoms with Crippen molar-refractivity contribution in [1.82, 2.24) is 4.98 Å². The van der Waals surface area contributed by atoms with Gasteiger partial charge in [0, 0.05) is 22.2 Å². The topological polar surface area (TPSA) is 39.2 Å². The SMILES string of the molecule is COc1ccc(C(=O)c2cc(C)nc3ccccc23)cc1. The van der Waals surface area contributed by atoms with Crippen LogP contribution in [0.3, 0.4) is 0 Å². The smallest absolute Gasteiger partial charge is 0.193 e. The zero-order chi connectivity index (χ0) is 14.8. The number of pyridine rings is 1. The average molecular weight is 277 g/mol. The van der Waals surface area contributed by atoms with Crippen LogP contribution >= 0.6 is 0 Å². The highest BCUT2D eigenvalue weighted by Gasteiger charge is 2.14. The second kappa shape index (κ2) is 5.37. The van der Waals surface area contributed by atoms with Gasteiger partial charge in [-0.25, -0.2) is 0 Å². The van der Waals surface area contributed by atoms with Gasteiger partial charge in [-0.2, -0.15) is 0 Å². The summed E-state index contributed by atoms with van der Waals surface area (Å²) < 4.78 is 5.12. The maximum atomic E-state index is 12.7. The van der Waals surface area contributed by atoms with Gasteiger partial charge >= 0.3 is 0 Å². The highest BCUT2D eigenvalue weighted by atomic mass is 16.5. The zero-order valence-electron chi connectivity index (χ0n) is 12.0. The fourth-order valence-corrected chi connectivity index (χ4v) is 2.39. The molecule has 104 valence electrons. The lowest BCUT2D eigenvalue weighted by atomic mass is 9.99.